The van der Waals surface area contributed by atoms with Crippen LogP contribution in [0.3, 0.4) is 0 Å². The van der Waals surface area contributed by atoms with Crippen molar-refractivity contribution in [2.75, 3.05) is 20.3 Å². The molecular formula is C8H12F3NO2. The van der Waals surface area contributed by atoms with Gasteiger partial charge in [0.15, 0.2) is 5.78 Å². The highest BCUT2D eigenvalue weighted by atomic mass is 19.4. The third kappa shape index (κ3) is 5.58. The van der Waals surface area contributed by atoms with Gasteiger partial charge in [0.1, 0.15) is 5.70 Å². The van der Waals surface area contributed by atoms with Crippen molar-refractivity contribution >= 4 is 5.78 Å². The average molecular weight is 211 g/mol. The lowest BCUT2D eigenvalue weighted by Gasteiger charge is -2.13. The highest BCUT2D eigenvalue weighted by Gasteiger charge is 2.33. The number of methoxy groups -OCH3 is 1. The first-order chi connectivity index (χ1) is 6.38. The Labute approximate surface area is 79.9 Å². The van der Waals surface area contributed by atoms with Crippen LogP contribution in [0.4, 0.5) is 13.2 Å². The molecule has 0 atom stereocenters. The molecule has 0 radical (unpaired) electrons. The van der Waals surface area contributed by atoms with Crippen molar-refractivity contribution in [1.29, 1.82) is 0 Å². The van der Waals surface area contributed by atoms with E-state index in [-0.39, 0.29) is 13.2 Å². The molecule has 0 aliphatic rings. The lowest BCUT2D eigenvalue weighted by molar-refractivity contribution is -0.115. The lowest BCUT2D eigenvalue weighted by Crippen LogP contribution is -2.29. The number of carbonyl (C=O) groups excluding carboxylic acids is 1. The molecule has 14 heavy (non-hydrogen) atoms. The summed E-state index contributed by atoms with van der Waals surface area (Å²) in [5, 5.41) is 2.08. The van der Waals surface area contributed by atoms with E-state index in [1.54, 1.807) is 0 Å². The van der Waals surface area contributed by atoms with Gasteiger partial charge in [-0.1, -0.05) is 0 Å². The van der Waals surface area contributed by atoms with E-state index in [0.717, 1.165) is 6.92 Å². The average Bonchev–Trinajstić information content (AvgIpc) is 2.00. The van der Waals surface area contributed by atoms with E-state index in [1.165, 1.54) is 7.11 Å². The number of alkyl halides is 3. The topological polar surface area (TPSA) is 38.3 Å². The van der Waals surface area contributed by atoms with Crippen LogP contribution in [-0.2, 0) is 9.53 Å². The fourth-order valence-corrected chi connectivity index (χ4v) is 0.724. The number of ketones is 1. The first-order valence-corrected chi connectivity index (χ1v) is 3.90. The second kappa shape index (κ2) is 5.64. The molecule has 0 aromatic carbocycles. The lowest BCUT2D eigenvalue weighted by atomic mass is 10.3. The van der Waals surface area contributed by atoms with Gasteiger partial charge in [-0.3, -0.25) is 4.79 Å². The van der Waals surface area contributed by atoms with Gasteiger partial charge < -0.3 is 10.1 Å². The number of hydrogen-bond donors (Lipinski definition) is 1. The third-order valence-corrected chi connectivity index (χ3v) is 1.27. The molecule has 3 nitrogen and oxygen atoms in total. The zero-order valence-corrected chi connectivity index (χ0v) is 7.94. The van der Waals surface area contributed by atoms with Crippen LogP contribution in [-0.4, -0.2) is 32.2 Å². The predicted molar refractivity (Wildman–Crippen MR) is 44.7 cm³/mol. The smallest absolute Gasteiger partial charge is 0.383 e. The van der Waals surface area contributed by atoms with Crippen molar-refractivity contribution in [2.45, 2.75) is 13.1 Å². The molecular weight excluding hydrogens is 199 g/mol. The second-order valence-corrected chi connectivity index (χ2v) is 2.59. The largest absolute Gasteiger partial charge is 0.431 e. The van der Waals surface area contributed by atoms with Crippen LogP contribution < -0.4 is 5.32 Å². The molecule has 0 fully saturated rings. The van der Waals surface area contributed by atoms with Crippen LogP contribution in [0.15, 0.2) is 11.8 Å². The molecule has 0 aliphatic carbocycles. The molecule has 0 saturated heterocycles. The third-order valence-electron chi connectivity index (χ3n) is 1.27. The normalized spacial score (nSPS) is 12.8. The molecule has 0 bridgehead atoms. The number of nitrogens with one attached hydrogen (secondary N) is 1. The standard InChI is InChI=1S/C8H12F3NO2/c1-6(13)5-7(8(9,10)11)12-3-4-14-2/h5,12H,3-4H2,1-2H3. The Balaban J connectivity index is 4.35. The molecule has 6 heteroatoms. The summed E-state index contributed by atoms with van der Waals surface area (Å²) in [5.74, 6) is -0.651. The zero-order chi connectivity index (χ0) is 11.2. The van der Waals surface area contributed by atoms with Gasteiger partial charge in [0, 0.05) is 19.7 Å². The summed E-state index contributed by atoms with van der Waals surface area (Å²) in [6.45, 7) is 1.21. The van der Waals surface area contributed by atoms with Crippen LogP contribution in [0.5, 0.6) is 0 Å². The second-order valence-electron chi connectivity index (χ2n) is 2.59. The Hall–Kier alpha value is -1.04. The number of hydrogen-bond acceptors (Lipinski definition) is 3. The van der Waals surface area contributed by atoms with Gasteiger partial charge in [-0.2, -0.15) is 13.2 Å². The summed E-state index contributed by atoms with van der Waals surface area (Å²) in [5.41, 5.74) is -1.04. The Morgan fingerprint density at radius 3 is 2.43 bits per heavy atom. The SMILES string of the molecule is COCCNC(=CC(C)=O)C(F)(F)F. The molecule has 1 N–H and O–H groups in total. The molecule has 0 aromatic rings. The van der Waals surface area contributed by atoms with E-state index in [2.05, 4.69) is 10.1 Å². The fraction of sp³-hybridized carbons (Fsp3) is 0.625. The van der Waals surface area contributed by atoms with Gasteiger partial charge in [0.25, 0.3) is 0 Å². The quantitative estimate of drug-likeness (QED) is 0.549. The number of rotatable bonds is 5. The van der Waals surface area contributed by atoms with E-state index in [4.69, 9.17) is 0 Å². The summed E-state index contributed by atoms with van der Waals surface area (Å²) < 4.78 is 41.1. The van der Waals surface area contributed by atoms with Crippen LogP contribution in [0.2, 0.25) is 0 Å². The molecule has 82 valence electrons. The zero-order valence-electron chi connectivity index (χ0n) is 7.94. The van der Waals surface area contributed by atoms with Crippen molar-refractivity contribution in [3.63, 3.8) is 0 Å². The van der Waals surface area contributed by atoms with E-state index < -0.39 is 17.7 Å². The van der Waals surface area contributed by atoms with Gasteiger partial charge >= 0.3 is 6.18 Å². The van der Waals surface area contributed by atoms with E-state index >= 15 is 0 Å². The highest BCUT2D eigenvalue weighted by Crippen LogP contribution is 2.23. The molecule has 0 aliphatic heterocycles. The van der Waals surface area contributed by atoms with E-state index in [1.807, 2.05) is 0 Å². The predicted octanol–water partition coefficient (Wildman–Crippen LogP) is 1.26. The number of carbonyl (C=O) groups is 1. The molecule has 0 aromatic heterocycles. The number of halogens is 3. The van der Waals surface area contributed by atoms with Crippen molar-refractivity contribution in [3.05, 3.63) is 11.8 Å². The summed E-state index contributed by atoms with van der Waals surface area (Å²) in [4.78, 5) is 10.5. The van der Waals surface area contributed by atoms with Gasteiger partial charge in [-0.25, -0.2) is 0 Å². The minimum atomic E-state index is -4.53. The van der Waals surface area contributed by atoms with Crippen LogP contribution in [0, 0.1) is 0 Å². The summed E-state index contributed by atoms with van der Waals surface area (Å²) in [7, 11) is 1.38. The van der Waals surface area contributed by atoms with Crippen molar-refractivity contribution in [3.8, 4) is 0 Å². The van der Waals surface area contributed by atoms with Crippen molar-refractivity contribution in [2.24, 2.45) is 0 Å². The van der Waals surface area contributed by atoms with Gasteiger partial charge in [-0.05, 0) is 6.92 Å². The molecule has 0 spiro atoms. The van der Waals surface area contributed by atoms with E-state index in [9.17, 15) is 18.0 Å². The molecule has 0 amide bonds. The molecule has 0 heterocycles. The maximum Gasteiger partial charge on any atom is 0.431 e. The van der Waals surface area contributed by atoms with Gasteiger partial charge in [-0.15, -0.1) is 0 Å². The minimum absolute atomic E-state index is 0.00905. The van der Waals surface area contributed by atoms with Gasteiger partial charge in [0.2, 0.25) is 0 Å². The van der Waals surface area contributed by atoms with Crippen LogP contribution >= 0.6 is 0 Å². The highest BCUT2D eigenvalue weighted by molar-refractivity contribution is 5.88. The molecule has 0 unspecified atom stereocenters. The maximum atomic E-state index is 12.2. The van der Waals surface area contributed by atoms with Crippen LogP contribution in [0.25, 0.3) is 0 Å². The number of allylic oxidation sites excluding steroid dienone is 2. The Bertz CT molecular complexity index is 223. The van der Waals surface area contributed by atoms with Gasteiger partial charge in [0.05, 0.1) is 6.61 Å². The first-order valence-electron chi connectivity index (χ1n) is 3.90. The van der Waals surface area contributed by atoms with Crippen molar-refractivity contribution in [1.82, 2.24) is 5.32 Å². The minimum Gasteiger partial charge on any atom is -0.383 e. The Kier molecular flexibility index (Phi) is 5.22. The van der Waals surface area contributed by atoms with E-state index in [0.29, 0.717) is 6.08 Å². The fourth-order valence-electron chi connectivity index (χ4n) is 0.724. The Morgan fingerprint density at radius 2 is 2.07 bits per heavy atom. The van der Waals surface area contributed by atoms with Crippen molar-refractivity contribution < 1.29 is 22.7 Å². The van der Waals surface area contributed by atoms with Crippen LogP contribution in [0.1, 0.15) is 6.92 Å². The molecule has 0 saturated carbocycles. The summed E-state index contributed by atoms with van der Waals surface area (Å²) in [6, 6.07) is 0. The summed E-state index contributed by atoms with van der Waals surface area (Å²) >= 11 is 0. The monoisotopic (exact) mass is 211 g/mol. The maximum absolute atomic E-state index is 12.2. The molecule has 0 rings (SSSR count). The summed E-state index contributed by atoms with van der Waals surface area (Å²) in [6.07, 6.45) is -4.00. The first kappa shape index (κ1) is 13.0. The Morgan fingerprint density at radius 1 is 1.50 bits per heavy atom. The number of ether oxygens (including phenoxy) is 1.